The van der Waals surface area contributed by atoms with Gasteiger partial charge in [-0.3, -0.25) is 9.78 Å². The van der Waals surface area contributed by atoms with E-state index in [0.29, 0.717) is 0 Å². The fraction of sp³-hybridized carbons (Fsp3) is 0.412. The summed E-state index contributed by atoms with van der Waals surface area (Å²) < 4.78 is 0. The zero-order chi connectivity index (χ0) is 14.4. The number of hydrogen-bond donors (Lipinski definition) is 2. The number of rotatable bonds is 0. The fourth-order valence-electron chi connectivity index (χ4n) is 4.22. The molecule has 0 saturated heterocycles. The number of fused-ring (bicyclic) bond motifs is 4. The summed E-state index contributed by atoms with van der Waals surface area (Å²) >= 11 is 0. The van der Waals surface area contributed by atoms with Gasteiger partial charge in [0.1, 0.15) is 0 Å². The Morgan fingerprint density at radius 1 is 0.952 bits per heavy atom. The number of benzene rings is 1. The Bertz CT molecular complexity index is 810. The Labute approximate surface area is 122 Å². The molecule has 0 unspecified atom stereocenters. The summed E-state index contributed by atoms with van der Waals surface area (Å²) in [4.78, 5) is 29.5. The number of nitrogens with one attached hydrogen (secondary N) is 2. The van der Waals surface area contributed by atoms with E-state index in [1.54, 1.807) is 0 Å². The Balaban J connectivity index is 2.06. The van der Waals surface area contributed by atoms with Crippen LogP contribution in [0.5, 0.6) is 0 Å². The molecule has 2 aliphatic rings. The van der Waals surface area contributed by atoms with Crippen molar-refractivity contribution >= 4 is 0 Å². The average molecular weight is 282 g/mol. The molecule has 4 rings (SSSR count). The zero-order valence-electron chi connectivity index (χ0n) is 11.9. The van der Waals surface area contributed by atoms with Crippen LogP contribution in [0.3, 0.4) is 0 Å². The maximum absolute atomic E-state index is 12.5. The first kappa shape index (κ1) is 12.6. The molecule has 4 heteroatoms. The quantitative estimate of drug-likeness (QED) is 0.779. The number of hydrogen-bond acceptors (Lipinski definition) is 2. The highest BCUT2D eigenvalue weighted by Crippen LogP contribution is 2.47. The van der Waals surface area contributed by atoms with Gasteiger partial charge in [-0.1, -0.05) is 43.5 Å². The smallest absolute Gasteiger partial charge is 0.307 e. The lowest BCUT2D eigenvalue weighted by Crippen LogP contribution is -2.42. The molecule has 0 aliphatic heterocycles. The fourth-order valence-corrected chi connectivity index (χ4v) is 4.22. The molecule has 0 radical (unpaired) electrons. The van der Waals surface area contributed by atoms with Crippen molar-refractivity contribution < 1.29 is 0 Å². The summed E-state index contributed by atoms with van der Waals surface area (Å²) in [6.45, 7) is 0. The third-order valence-corrected chi connectivity index (χ3v) is 5.10. The van der Waals surface area contributed by atoms with Crippen LogP contribution in [0.1, 0.15) is 43.2 Å². The summed E-state index contributed by atoms with van der Waals surface area (Å²) in [5.74, 6) is 0. The van der Waals surface area contributed by atoms with Gasteiger partial charge in [-0.25, -0.2) is 4.79 Å². The van der Waals surface area contributed by atoms with E-state index in [2.05, 4.69) is 16.0 Å². The summed E-state index contributed by atoms with van der Waals surface area (Å²) in [7, 11) is 0. The summed E-state index contributed by atoms with van der Waals surface area (Å²) in [5.41, 5.74) is 3.08. The number of H-pyrrole nitrogens is 2. The number of aromatic nitrogens is 2. The van der Waals surface area contributed by atoms with Crippen molar-refractivity contribution in [1.29, 1.82) is 0 Å². The predicted octanol–water partition coefficient (Wildman–Crippen LogP) is 2.49. The summed E-state index contributed by atoms with van der Waals surface area (Å²) in [6.07, 6.45) is 6.51. The van der Waals surface area contributed by atoms with E-state index in [4.69, 9.17) is 0 Å². The second kappa shape index (κ2) is 4.45. The minimum Gasteiger partial charge on any atom is -0.307 e. The molecule has 2 aliphatic carbocycles. The van der Waals surface area contributed by atoms with Gasteiger partial charge in [0.2, 0.25) is 0 Å². The van der Waals surface area contributed by atoms with Crippen molar-refractivity contribution in [3.63, 3.8) is 0 Å². The van der Waals surface area contributed by atoms with E-state index >= 15 is 0 Å². The second-order valence-corrected chi connectivity index (χ2v) is 6.33. The molecule has 0 bridgehead atoms. The van der Waals surface area contributed by atoms with Gasteiger partial charge in [0, 0.05) is 16.5 Å². The molecule has 2 aromatic rings. The molecule has 108 valence electrons. The van der Waals surface area contributed by atoms with Crippen LogP contribution in [0.4, 0.5) is 0 Å². The van der Waals surface area contributed by atoms with Crippen LogP contribution in [0.25, 0.3) is 11.3 Å². The first-order valence-electron chi connectivity index (χ1n) is 7.65. The standard InChI is InChI=1S/C17H18N2O2/c20-15-13-14(18-16(21)19-15)12-7-3-2-6-11(12)10-17(13)8-4-1-5-9-17/h2-3,6-7H,1,4-5,8-10H2,(H2,18,19,20,21). The maximum Gasteiger partial charge on any atom is 0.326 e. The van der Waals surface area contributed by atoms with Crippen molar-refractivity contribution in [3.8, 4) is 11.3 Å². The first-order chi connectivity index (χ1) is 10.2. The lowest BCUT2D eigenvalue weighted by atomic mass is 9.62. The van der Waals surface area contributed by atoms with Crippen LogP contribution in [0.2, 0.25) is 0 Å². The molecule has 4 nitrogen and oxygen atoms in total. The highest BCUT2D eigenvalue weighted by atomic mass is 16.2. The lowest BCUT2D eigenvalue weighted by Gasteiger charge is -2.41. The van der Waals surface area contributed by atoms with Crippen LogP contribution in [0, 0.1) is 0 Å². The molecule has 1 aromatic carbocycles. The first-order valence-corrected chi connectivity index (χ1v) is 7.65. The monoisotopic (exact) mass is 282 g/mol. The van der Waals surface area contributed by atoms with Crippen LogP contribution in [-0.4, -0.2) is 9.97 Å². The van der Waals surface area contributed by atoms with E-state index in [1.807, 2.05) is 18.2 Å². The van der Waals surface area contributed by atoms with Crippen LogP contribution in [0.15, 0.2) is 33.9 Å². The Morgan fingerprint density at radius 3 is 2.52 bits per heavy atom. The highest BCUT2D eigenvalue weighted by molar-refractivity contribution is 5.71. The van der Waals surface area contributed by atoms with Gasteiger partial charge in [0.05, 0.1) is 5.69 Å². The van der Waals surface area contributed by atoms with Crippen LogP contribution in [-0.2, 0) is 11.8 Å². The second-order valence-electron chi connectivity index (χ2n) is 6.33. The van der Waals surface area contributed by atoms with Crippen molar-refractivity contribution in [3.05, 3.63) is 56.2 Å². The third-order valence-electron chi connectivity index (χ3n) is 5.10. The predicted molar refractivity (Wildman–Crippen MR) is 81.6 cm³/mol. The third kappa shape index (κ3) is 1.82. The minimum atomic E-state index is -0.415. The topological polar surface area (TPSA) is 65.7 Å². The van der Waals surface area contributed by atoms with Gasteiger partial charge >= 0.3 is 5.69 Å². The Kier molecular flexibility index (Phi) is 2.67. The summed E-state index contributed by atoms with van der Waals surface area (Å²) in [5, 5.41) is 0. The van der Waals surface area contributed by atoms with Crippen molar-refractivity contribution in [1.82, 2.24) is 9.97 Å². The van der Waals surface area contributed by atoms with Gasteiger partial charge in [-0.05, 0) is 24.8 Å². The van der Waals surface area contributed by atoms with Gasteiger partial charge in [0.15, 0.2) is 0 Å². The summed E-state index contributed by atoms with van der Waals surface area (Å²) in [6, 6.07) is 8.11. The largest absolute Gasteiger partial charge is 0.326 e. The van der Waals surface area contributed by atoms with Gasteiger partial charge in [-0.15, -0.1) is 0 Å². The van der Waals surface area contributed by atoms with E-state index in [1.165, 1.54) is 12.0 Å². The van der Waals surface area contributed by atoms with Crippen molar-refractivity contribution in [2.75, 3.05) is 0 Å². The van der Waals surface area contributed by atoms with E-state index in [-0.39, 0.29) is 11.0 Å². The lowest BCUT2D eigenvalue weighted by molar-refractivity contribution is 0.285. The van der Waals surface area contributed by atoms with E-state index in [9.17, 15) is 9.59 Å². The molecule has 1 heterocycles. The zero-order valence-corrected chi connectivity index (χ0v) is 11.9. The molecule has 1 saturated carbocycles. The van der Waals surface area contributed by atoms with Crippen LogP contribution < -0.4 is 11.2 Å². The van der Waals surface area contributed by atoms with Crippen molar-refractivity contribution in [2.24, 2.45) is 0 Å². The molecule has 2 N–H and O–H groups in total. The Morgan fingerprint density at radius 2 is 1.71 bits per heavy atom. The minimum absolute atomic E-state index is 0.0975. The molecular weight excluding hydrogens is 264 g/mol. The normalized spacial score (nSPS) is 19.0. The molecule has 1 spiro atoms. The molecule has 1 fully saturated rings. The molecule has 0 atom stereocenters. The van der Waals surface area contributed by atoms with Crippen LogP contribution >= 0.6 is 0 Å². The molecule has 1 aromatic heterocycles. The van der Waals surface area contributed by atoms with Gasteiger partial charge in [-0.2, -0.15) is 0 Å². The van der Waals surface area contributed by atoms with Crippen molar-refractivity contribution in [2.45, 2.75) is 43.9 Å². The SMILES string of the molecule is O=c1[nH]c2c(c(=O)[nH]1)C1(CCCCC1)Cc1ccccc1-2. The molecular formula is C17H18N2O2. The highest BCUT2D eigenvalue weighted by Gasteiger charge is 2.42. The van der Waals surface area contributed by atoms with Gasteiger partial charge < -0.3 is 4.98 Å². The number of aromatic amines is 2. The van der Waals surface area contributed by atoms with Gasteiger partial charge in [0.25, 0.3) is 5.56 Å². The average Bonchev–Trinajstić information content (AvgIpc) is 2.47. The van der Waals surface area contributed by atoms with E-state index in [0.717, 1.165) is 48.9 Å². The Hall–Kier alpha value is -2.10. The molecule has 21 heavy (non-hydrogen) atoms. The molecule has 0 amide bonds. The van der Waals surface area contributed by atoms with E-state index < -0.39 is 5.69 Å². The maximum atomic E-state index is 12.5.